The van der Waals surface area contributed by atoms with Crippen LogP contribution in [-0.2, 0) is 28.0 Å². The van der Waals surface area contributed by atoms with E-state index in [0.29, 0.717) is 18.8 Å². The first-order valence-corrected chi connectivity index (χ1v) is 12.9. The van der Waals surface area contributed by atoms with Crippen LogP contribution >= 0.6 is 0 Å². The minimum absolute atomic E-state index is 0.0551. The number of furan rings is 1. The Balaban J connectivity index is 1.28. The lowest BCUT2D eigenvalue weighted by molar-refractivity contribution is -0.134. The largest absolute Gasteiger partial charge is 0.467 e. The third-order valence-corrected chi connectivity index (χ3v) is 7.44. The molecule has 1 aromatic heterocycles. The van der Waals surface area contributed by atoms with Crippen molar-refractivity contribution in [3.05, 3.63) is 120 Å². The van der Waals surface area contributed by atoms with Gasteiger partial charge in [-0.3, -0.25) is 4.79 Å². The second-order valence-corrected chi connectivity index (χ2v) is 10.3. The van der Waals surface area contributed by atoms with Crippen molar-refractivity contribution in [2.24, 2.45) is 5.92 Å². The zero-order valence-electron chi connectivity index (χ0n) is 19.3. The van der Waals surface area contributed by atoms with Gasteiger partial charge in [0.2, 0.25) is 5.91 Å². The van der Waals surface area contributed by atoms with E-state index in [1.165, 1.54) is 12.1 Å². The molecule has 2 atom stereocenters. The fraction of sp³-hybridized carbons (Fsp3) is 0.179. The molecule has 4 aromatic rings. The molecule has 0 bridgehead atoms. The second-order valence-electron chi connectivity index (χ2n) is 8.77. The molecule has 0 saturated heterocycles. The molecule has 6 nitrogen and oxygen atoms in total. The quantitative estimate of drug-likeness (QED) is 0.280. The highest BCUT2D eigenvalue weighted by Gasteiger charge is 2.45. The number of rotatable bonds is 9. The minimum atomic E-state index is -4.09. The Kier molecular flexibility index (Phi) is 6.61. The van der Waals surface area contributed by atoms with Gasteiger partial charge in [-0.05, 0) is 72.0 Å². The van der Waals surface area contributed by atoms with Gasteiger partial charge in [-0.25, -0.2) is 4.39 Å². The summed E-state index contributed by atoms with van der Waals surface area (Å²) in [5.74, 6) is 0.465. The summed E-state index contributed by atoms with van der Waals surface area (Å²) < 4.78 is 48.7. The van der Waals surface area contributed by atoms with Gasteiger partial charge in [-0.1, -0.05) is 42.5 Å². The number of carbonyl (C=O) groups is 1. The maximum absolute atomic E-state index is 13.4. The highest BCUT2D eigenvalue weighted by Crippen LogP contribution is 2.48. The Morgan fingerprint density at radius 1 is 0.917 bits per heavy atom. The first kappa shape index (κ1) is 23.8. The normalized spacial score (nSPS) is 16.9. The van der Waals surface area contributed by atoms with Crippen LogP contribution in [0.1, 0.15) is 29.2 Å². The van der Waals surface area contributed by atoms with Gasteiger partial charge in [0.25, 0.3) is 0 Å². The molecule has 0 N–H and O–H groups in total. The number of amides is 1. The summed E-state index contributed by atoms with van der Waals surface area (Å²) in [6, 6.07) is 24.6. The maximum Gasteiger partial charge on any atom is 0.339 e. The van der Waals surface area contributed by atoms with E-state index < -0.39 is 15.9 Å². The maximum atomic E-state index is 13.4. The topological polar surface area (TPSA) is 76.8 Å². The van der Waals surface area contributed by atoms with Gasteiger partial charge in [0.15, 0.2) is 0 Å². The van der Waals surface area contributed by atoms with Gasteiger partial charge < -0.3 is 13.5 Å². The standard InChI is InChI=1S/C28H24FNO5S/c29-22-10-14-25(15-11-22)36(32,33)35-23-12-8-20(9-13-23)18-30(19-24-7-4-16-34-24)28(31)27-17-26(27)21-5-2-1-3-6-21/h1-16,26-27H,17-19H2. The number of halogens is 1. The van der Waals surface area contributed by atoms with Gasteiger partial charge in [0.05, 0.1) is 12.8 Å². The lowest BCUT2D eigenvalue weighted by Crippen LogP contribution is -2.31. The lowest BCUT2D eigenvalue weighted by Gasteiger charge is -2.22. The molecule has 184 valence electrons. The molecule has 1 aliphatic carbocycles. The highest BCUT2D eigenvalue weighted by molar-refractivity contribution is 7.87. The summed E-state index contributed by atoms with van der Waals surface area (Å²) in [4.78, 5) is 15.0. The van der Waals surface area contributed by atoms with Crippen molar-refractivity contribution in [3.8, 4) is 5.75 Å². The Labute approximate surface area is 209 Å². The van der Waals surface area contributed by atoms with Gasteiger partial charge in [0, 0.05) is 12.5 Å². The molecular weight excluding hydrogens is 481 g/mol. The monoisotopic (exact) mass is 505 g/mol. The van der Waals surface area contributed by atoms with Crippen molar-refractivity contribution in [3.63, 3.8) is 0 Å². The van der Waals surface area contributed by atoms with Gasteiger partial charge in [0.1, 0.15) is 22.2 Å². The fourth-order valence-corrected chi connectivity index (χ4v) is 5.15. The van der Waals surface area contributed by atoms with Crippen LogP contribution in [-0.4, -0.2) is 19.2 Å². The van der Waals surface area contributed by atoms with E-state index in [2.05, 4.69) is 0 Å². The number of carbonyl (C=O) groups excluding carboxylic acids is 1. The van der Waals surface area contributed by atoms with E-state index in [4.69, 9.17) is 8.60 Å². The van der Waals surface area contributed by atoms with Crippen molar-refractivity contribution < 1.29 is 26.2 Å². The van der Waals surface area contributed by atoms with Crippen LogP contribution in [0.4, 0.5) is 4.39 Å². The van der Waals surface area contributed by atoms with Crippen LogP contribution < -0.4 is 4.18 Å². The predicted molar refractivity (Wildman–Crippen MR) is 131 cm³/mol. The Morgan fingerprint density at radius 3 is 2.31 bits per heavy atom. The van der Waals surface area contributed by atoms with Crippen LogP contribution in [0, 0.1) is 11.7 Å². The Hall–Kier alpha value is -3.91. The molecule has 1 aliphatic rings. The molecule has 3 aromatic carbocycles. The molecule has 1 fully saturated rings. The molecule has 1 heterocycles. The summed E-state index contributed by atoms with van der Waals surface area (Å²) in [6.45, 7) is 0.670. The Morgan fingerprint density at radius 2 is 1.64 bits per heavy atom. The molecule has 5 rings (SSSR count). The van der Waals surface area contributed by atoms with Crippen molar-refractivity contribution in [2.45, 2.75) is 30.3 Å². The highest BCUT2D eigenvalue weighted by atomic mass is 32.2. The van der Waals surface area contributed by atoms with Gasteiger partial charge in [-0.2, -0.15) is 8.42 Å². The molecule has 1 amide bonds. The molecule has 36 heavy (non-hydrogen) atoms. The van der Waals surface area contributed by atoms with Crippen molar-refractivity contribution >= 4 is 16.0 Å². The molecule has 0 aliphatic heterocycles. The van der Waals surface area contributed by atoms with Crippen molar-refractivity contribution in [2.75, 3.05) is 0 Å². The van der Waals surface area contributed by atoms with E-state index in [9.17, 15) is 17.6 Å². The first-order valence-electron chi connectivity index (χ1n) is 11.5. The summed E-state index contributed by atoms with van der Waals surface area (Å²) in [5.41, 5.74) is 1.98. The number of hydrogen-bond acceptors (Lipinski definition) is 5. The third-order valence-electron chi connectivity index (χ3n) is 6.18. The molecule has 0 radical (unpaired) electrons. The van der Waals surface area contributed by atoms with Crippen molar-refractivity contribution in [1.82, 2.24) is 4.90 Å². The zero-order chi connectivity index (χ0) is 25.1. The fourth-order valence-electron chi connectivity index (χ4n) is 4.22. The minimum Gasteiger partial charge on any atom is -0.467 e. The molecule has 8 heteroatoms. The number of benzene rings is 3. The zero-order valence-corrected chi connectivity index (χ0v) is 20.1. The molecule has 2 unspecified atom stereocenters. The second kappa shape index (κ2) is 9.99. The summed E-state index contributed by atoms with van der Waals surface area (Å²) in [7, 11) is -4.09. The third kappa shape index (κ3) is 5.49. The Bertz CT molecular complexity index is 1420. The van der Waals surface area contributed by atoms with Crippen molar-refractivity contribution in [1.29, 1.82) is 0 Å². The van der Waals surface area contributed by atoms with E-state index in [0.717, 1.165) is 41.8 Å². The van der Waals surface area contributed by atoms with Crippen LogP contribution in [0.3, 0.4) is 0 Å². The predicted octanol–water partition coefficient (Wildman–Crippen LogP) is 5.52. The van der Waals surface area contributed by atoms with E-state index in [1.54, 1.807) is 29.4 Å². The van der Waals surface area contributed by atoms with E-state index >= 15 is 0 Å². The summed E-state index contributed by atoms with van der Waals surface area (Å²) >= 11 is 0. The van der Waals surface area contributed by atoms with Gasteiger partial charge >= 0.3 is 10.1 Å². The summed E-state index contributed by atoms with van der Waals surface area (Å²) in [6.07, 6.45) is 2.39. The number of hydrogen-bond donors (Lipinski definition) is 0. The van der Waals surface area contributed by atoms with Crippen LogP contribution in [0.25, 0.3) is 0 Å². The van der Waals surface area contributed by atoms with Crippen LogP contribution in [0.15, 0.2) is 107 Å². The number of nitrogens with zero attached hydrogens (tertiary/aromatic N) is 1. The van der Waals surface area contributed by atoms with Crippen LogP contribution in [0.2, 0.25) is 0 Å². The van der Waals surface area contributed by atoms with Gasteiger partial charge in [-0.15, -0.1) is 0 Å². The first-order chi connectivity index (χ1) is 17.4. The average Bonchev–Trinajstić information content (AvgIpc) is 3.52. The average molecular weight is 506 g/mol. The molecule has 1 saturated carbocycles. The molecule has 0 spiro atoms. The van der Waals surface area contributed by atoms with E-state index in [-0.39, 0.29) is 28.4 Å². The summed E-state index contributed by atoms with van der Waals surface area (Å²) in [5, 5.41) is 0. The van der Waals surface area contributed by atoms with E-state index in [1.807, 2.05) is 36.4 Å². The lowest BCUT2D eigenvalue weighted by atomic mass is 10.1. The SMILES string of the molecule is O=C(C1CC1c1ccccc1)N(Cc1ccc(OS(=O)(=O)c2ccc(F)cc2)cc1)Cc1ccco1. The smallest absolute Gasteiger partial charge is 0.339 e. The van der Waals surface area contributed by atoms with Crippen LogP contribution in [0.5, 0.6) is 5.75 Å². The molecular formula is C28H24FNO5S.